The Kier molecular flexibility index (Phi) is 5.96. The number of anilines is 1. The van der Waals surface area contributed by atoms with Crippen LogP contribution >= 0.6 is 12.2 Å². The molecule has 2 aromatic carbocycles. The van der Waals surface area contributed by atoms with Gasteiger partial charge in [0, 0.05) is 28.3 Å². The van der Waals surface area contributed by atoms with Crippen molar-refractivity contribution >= 4 is 28.9 Å². The van der Waals surface area contributed by atoms with Gasteiger partial charge in [-0.2, -0.15) is 0 Å². The van der Waals surface area contributed by atoms with Gasteiger partial charge in [0.25, 0.3) is 5.91 Å². The summed E-state index contributed by atoms with van der Waals surface area (Å²) in [6.07, 6.45) is 0. The van der Waals surface area contributed by atoms with Crippen LogP contribution in [0.1, 0.15) is 21.7 Å². The van der Waals surface area contributed by atoms with E-state index in [1.54, 1.807) is 19.2 Å². The third-order valence-corrected chi connectivity index (χ3v) is 4.50. The molecular weight excluding hydrogens is 372 g/mol. The molecule has 6 nitrogen and oxygen atoms in total. The Balaban J connectivity index is 1.56. The average molecular weight is 395 g/mol. The lowest BCUT2D eigenvalue weighted by Crippen LogP contribution is -2.43. The van der Waals surface area contributed by atoms with Crippen LogP contribution in [0.2, 0.25) is 0 Å². The van der Waals surface area contributed by atoms with Crippen LogP contribution in [-0.4, -0.2) is 22.7 Å². The summed E-state index contributed by atoms with van der Waals surface area (Å²) in [5, 5.41) is 3.27. The van der Waals surface area contributed by atoms with Crippen molar-refractivity contribution in [2.45, 2.75) is 13.8 Å². The summed E-state index contributed by atoms with van der Waals surface area (Å²) in [5.74, 6) is 0.484. The molecule has 3 N–H and O–H groups in total. The van der Waals surface area contributed by atoms with E-state index in [1.165, 1.54) is 0 Å². The van der Waals surface area contributed by atoms with E-state index in [0.717, 1.165) is 28.5 Å². The number of amides is 1. The van der Waals surface area contributed by atoms with Gasteiger partial charge in [-0.05, 0) is 86.7 Å². The number of nitrogens with zero attached hydrogens (tertiary/aromatic N) is 1. The molecule has 0 aliphatic carbocycles. The van der Waals surface area contributed by atoms with Gasteiger partial charge >= 0.3 is 0 Å². The fraction of sp³-hybridized carbons (Fsp3) is 0.143. The van der Waals surface area contributed by atoms with Crippen molar-refractivity contribution in [2.75, 3.05) is 12.4 Å². The Morgan fingerprint density at radius 1 is 0.893 bits per heavy atom. The number of hydrogen-bond donors (Lipinski definition) is 3. The molecule has 0 saturated heterocycles. The molecule has 144 valence electrons. The van der Waals surface area contributed by atoms with Crippen molar-refractivity contribution in [3.63, 3.8) is 0 Å². The fourth-order valence-electron chi connectivity index (χ4n) is 2.86. The first-order valence-electron chi connectivity index (χ1n) is 8.74. The number of aryl methyl sites for hydroxylation is 2. The van der Waals surface area contributed by atoms with E-state index in [0.29, 0.717) is 5.56 Å². The van der Waals surface area contributed by atoms with Gasteiger partial charge in [0.1, 0.15) is 5.75 Å². The lowest BCUT2D eigenvalue weighted by Gasteiger charge is -2.13. The minimum atomic E-state index is -0.272. The van der Waals surface area contributed by atoms with Gasteiger partial charge in [-0.25, -0.2) is 0 Å². The molecule has 0 bridgehead atoms. The van der Waals surface area contributed by atoms with E-state index in [4.69, 9.17) is 17.0 Å². The molecule has 3 aromatic rings. The average Bonchev–Trinajstić information content (AvgIpc) is 3.05. The van der Waals surface area contributed by atoms with Crippen molar-refractivity contribution in [3.05, 3.63) is 77.6 Å². The van der Waals surface area contributed by atoms with Crippen molar-refractivity contribution < 1.29 is 9.53 Å². The van der Waals surface area contributed by atoms with Crippen LogP contribution in [-0.2, 0) is 0 Å². The number of ether oxygens (including phenoxy) is 1. The molecule has 0 fully saturated rings. The molecule has 0 unspecified atom stereocenters. The number of benzene rings is 2. The van der Waals surface area contributed by atoms with Crippen LogP contribution in [0.3, 0.4) is 0 Å². The molecule has 0 saturated carbocycles. The van der Waals surface area contributed by atoms with Crippen molar-refractivity contribution in [2.24, 2.45) is 0 Å². The van der Waals surface area contributed by atoms with E-state index in [-0.39, 0.29) is 11.0 Å². The van der Waals surface area contributed by atoms with Crippen LogP contribution in [0, 0.1) is 13.8 Å². The number of rotatable bonds is 4. The van der Waals surface area contributed by atoms with Crippen LogP contribution in [0.25, 0.3) is 5.69 Å². The molecule has 0 radical (unpaired) electrons. The van der Waals surface area contributed by atoms with Gasteiger partial charge in [0.05, 0.1) is 7.11 Å². The summed E-state index contributed by atoms with van der Waals surface area (Å²) >= 11 is 5.20. The predicted molar refractivity (Wildman–Crippen MR) is 115 cm³/mol. The summed E-state index contributed by atoms with van der Waals surface area (Å²) in [6.45, 7) is 4.10. The number of carbonyl (C=O) groups is 1. The fourth-order valence-corrected chi connectivity index (χ4v) is 3.03. The predicted octanol–water partition coefficient (Wildman–Crippen LogP) is 3.73. The minimum absolute atomic E-state index is 0.272. The van der Waals surface area contributed by atoms with Crippen LogP contribution in [0.5, 0.6) is 5.75 Å². The van der Waals surface area contributed by atoms with Crippen LogP contribution in [0.15, 0.2) is 60.7 Å². The maximum atomic E-state index is 12.3. The standard InChI is InChI=1S/C21H22N4O2S/c1-14-4-5-15(2)25(14)18-10-6-16(7-11-18)20(26)23-24-21(28)22-17-8-12-19(27-3)13-9-17/h4-13H,1-3H3,(H,23,26)(H2,22,24,28). The van der Waals surface area contributed by atoms with Crippen molar-refractivity contribution in [3.8, 4) is 11.4 Å². The molecule has 1 heterocycles. The first-order valence-corrected chi connectivity index (χ1v) is 9.15. The number of nitrogens with one attached hydrogen (secondary N) is 3. The second-order valence-corrected chi connectivity index (χ2v) is 6.67. The monoisotopic (exact) mass is 394 g/mol. The molecule has 0 spiro atoms. The van der Waals surface area contributed by atoms with Gasteiger partial charge < -0.3 is 14.6 Å². The summed E-state index contributed by atoms with van der Waals surface area (Å²) < 4.78 is 7.25. The molecule has 0 atom stereocenters. The summed E-state index contributed by atoms with van der Waals surface area (Å²) in [6, 6.07) is 18.8. The van der Waals surface area contributed by atoms with E-state index in [9.17, 15) is 4.79 Å². The highest BCUT2D eigenvalue weighted by Crippen LogP contribution is 2.17. The number of aromatic nitrogens is 1. The highest BCUT2D eigenvalue weighted by Gasteiger charge is 2.08. The van der Waals surface area contributed by atoms with Crippen molar-refractivity contribution in [1.82, 2.24) is 15.4 Å². The zero-order chi connectivity index (χ0) is 20.1. The van der Waals surface area contributed by atoms with E-state index in [1.807, 2.05) is 50.2 Å². The van der Waals surface area contributed by atoms with Gasteiger partial charge in [-0.3, -0.25) is 15.6 Å². The maximum absolute atomic E-state index is 12.3. The van der Waals surface area contributed by atoms with E-state index < -0.39 is 0 Å². The highest BCUT2D eigenvalue weighted by atomic mass is 32.1. The zero-order valence-corrected chi connectivity index (χ0v) is 16.8. The summed E-state index contributed by atoms with van der Waals surface area (Å²) in [7, 11) is 1.61. The molecule has 0 aliphatic rings. The zero-order valence-electron chi connectivity index (χ0n) is 15.9. The number of hydrazine groups is 1. The normalized spacial score (nSPS) is 10.2. The number of thiocarbonyl (C=S) groups is 1. The van der Waals surface area contributed by atoms with E-state index in [2.05, 4.69) is 32.9 Å². The topological polar surface area (TPSA) is 67.3 Å². The second kappa shape index (κ2) is 8.58. The SMILES string of the molecule is COc1ccc(NC(=S)NNC(=O)c2ccc(-n3c(C)ccc3C)cc2)cc1. The Labute approximate surface area is 169 Å². The van der Waals surface area contributed by atoms with Crippen LogP contribution < -0.4 is 20.9 Å². The maximum Gasteiger partial charge on any atom is 0.269 e. The number of methoxy groups -OCH3 is 1. The van der Waals surface area contributed by atoms with Gasteiger partial charge in [0.15, 0.2) is 5.11 Å². The Hall–Kier alpha value is -3.32. The second-order valence-electron chi connectivity index (χ2n) is 6.26. The van der Waals surface area contributed by atoms with Crippen LogP contribution in [0.4, 0.5) is 5.69 Å². The van der Waals surface area contributed by atoms with Crippen molar-refractivity contribution in [1.29, 1.82) is 0 Å². The van der Waals surface area contributed by atoms with Gasteiger partial charge in [0.2, 0.25) is 0 Å². The Morgan fingerprint density at radius 2 is 1.50 bits per heavy atom. The van der Waals surface area contributed by atoms with E-state index >= 15 is 0 Å². The lowest BCUT2D eigenvalue weighted by molar-refractivity contribution is 0.0944. The largest absolute Gasteiger partial charge is 0.497 e. The summed E-state index contributed by atoms with van der Waals surface area (Å²) in [4.78, 5) is 12.3. The first kappa shape index (κ1) is 19.4. The molecule has 1 amide bonds. The Morgan fingerprint density at radius 3 is 2.07 bits per heavy atom. The molecule has 1 aromatic heterocycles. The minimum Gasteiger partial charge on any atom is -0.497 e. The number of hydrogen-bond acceptors (Lipinski definition) is 3. The highest BCUT2D eigenvalue weighted by molar-refractivity contribution is 7.80. The lowest BCUT2D eigenvalue weighted by atomic mass is 10.2. The smallest absolute Gasteiger partial charge is 0.269 e. The quantitative estimate of drug-likeness (QED) is 0.465. The van der Waals surface area contributed by atoms with Gasteiger partial charge in [-0.15, -0.1) is 0 Å². The molecular formula is C21H22N4O2S. The molecule has 7 heteroatoms. The number of carbonyl (C=O) groups excluding carboxylic acids is 1. The Bertz CT molecular complexity index is 959. The van der Waals surface area contributed by atoms with Gasteiger partial charge in [-0.1, -0.05) is 0 Å². The molecule has 0 aliphatic heterocycles. The summed E-state index contributed by atoms with van der Waals surface area (Å²) in [5.41, 5.74) is 9.92. The third-order valence-electron chi connectivity index (χ3n) is 4.30. The first-order chi connectivity index (χ1) is 13.5. The third kappa shape index (κ3) is 4.50. The molecule has 3 rings (SSSR count). The molecule has 28 heavy (non-hydrogen) atoms.